The van der Waals surface area contributed by atoms with Crippen LogP contribution < -0.4 is 19.6 Å². The molecule has 0 fully saturated rings. The Morgan fingerprint density at radius 2 is 1.78 bits per heavy atom. The SMILES string of the molecule is COc1cccc(/C=N/NC(=O)COc2cccc3cccnc23)c1OCc1cccc(C(=O)O)c1. The first-order valence-corrected chi connectivity index (χ1v) is 11.0. The predicted molar refractivity (Wildman–Crippen MR) is 134 cm³/mol. The molecular weight excluding hydrogens is 462 g/mol. The number of carbonyl (C=O) groups excluding carboxylic acids is 1. The Morgan fingerprint density at radius 1 is 1.00 bits per heavy atom. The van der Waals surface area contributed by atoms with Gasteiger partial charge in [-0.3, -0.25) is 9.78 Å². The number of rotatable bonds is 10. The van der Waals surface area contributed by atoms with E-state index in [-0.39, 0.29) is 18.8 Å². The molecule has 1 amide bonds. The summed E-state index contributed by atoms with van der Waals surface area (Å²) >= 11 is 0. The lowest BCUT2D eigenvalue weighted by Gasteiger charge is -2.13. The van der Waals surface area contributed by atoms with Crippen LogP contribution in [0.25, 0.3) is 10.9 Å². The lowest BCUT2D eigenvalue weighted by atomic mass is 10.1. The average Bonchev–Trinajstić information content (AvgIpc) is 2.91. The number of carboxylic acids is 1. The van der Waals surface area contributed by atoms with Gasteiger partial charge in [-0.25, -0.2) is 10.2 Å². The smallest absolute Gasteiger partial charge is 0.335 e. The van der Waals surface area contributed by atoms with Gasteiger partial charge in [-0.2, -0.15) is 5.10 Å². The minimum atomic E-state index is -1.02. The van der Waals surface area contributed by atoms with Crippen LogP contribution >= 0.6 is 0 Å². The summed E-state index contributed by atoms with van der Waals surface area (Å²) in [5.74, 6) is -0.0978. The van der Waals surface area contributed by atoms with E-state index in [0.717, 1.165) is 5.39 Å². The van der Waals surface area contributed by atoms with Gasteiger partial charge in [0, 0.05) is 17.1 Å². The summed E-state index contributed by atoms with van der Waals surface area (Å²) < 4.78 is 16.9. The largest absolute Gasteiger partial charge is 0.493 e. The van der Waals surface area contributed by atoms with E-state index in [4.69, 9.17) is 14.2 Å². The van der Waals surface area contributed by atoms with Gasteiger partial charge in [-0.15, -0.1) is 0 Å². The minimum absolute atomic E-state index is 0.113. The fourth-order valence-corrected chi connectivity index (χ4v) is 3.44. The zero-order chi connectivity index (χ0) is 25.3. The Hall–Kier alpha value is -4.92. The van der Waals surface area contributed by atoms with Crippen molar-refractivity contribution in [1.82, 2.24) is 10.4 Å². The number of ether oxygens (including phenoxy) is 3. The van der Waals surface area contributed by atoms with Crippen molar-refractivity contribution in [3.8, 4) is 17.2 Å². The fraction of sp³-hybridized carbons (Fsp3) is 0.111. The molecule has 4 aromatic rings. The van der Waals surface area contributed by atoms with Gasteiger partial charge in [0.25, 0.3) is 5.91 Å². The number of hydrogen-bond donors (Lipinski definition) is 2. The van der Waals surface area contributed by atoms with E-state index >= 15 is 0 Å². The summed E-state index contributed by atoms with van der Waals surface area (Å²) in [5.41, 5.74) is 4.51. The van der Waals surface area contributed by atoms with Crippen LogP contribution in [0.2, 0.25) is 0 Å². The van der Waals surface area contributed by atoms with Gasteiger partial charge in [0.1, 0.15) is 17.9 Å². The molecule has 1 aromatic heterocycles. The van der Waals surface area contributed by atoms with E-state index in [1.165, 1.54) is 25.5 Å². The van der Waals surface area contributed by atoms with Crippen LogP contribution in [0.5, 0.6) is 17.2 Å². The third-order valence-corrected chi connectivity index (χ3v) is 5.13. The lowest BCUT2D eigenvalue weighted by Crippen LogP contribution is -2.24. The fourth-order valence-electron chi connectivity index (χ4n) is 3.44. The number of hydrazone groups is 1. The summed E-state index contributed by atoms with van der Waals surface area (Å²) in [6, 6.07) is 20.9. The van der Waals surface area contributed by atoms with E-state index < -0.39 is 11.9 Å². The van der Waals surface area contributed by atoms with E-state index in [1.54, 1.807) is 42.6 Å². The molecule has 0 saturated heterocycles. The third-order valence-electron chi connectivity index (χ3n) is 5.13. The number of nitrogens with zero attached hydrogens (tertiary/aromatic N) is 2. The van der Waals surface area contributed by atoms with Crippen molar-refractivity contribution in [2.24, 2.45) is 5.10 Å². The first-order chi connectivity index (χ1) is 17.5. The zero-order valence-corrected chi connectivity index (χ0v) is 19.4. The predicted octanol–water partition coefficient (Wildman–Crippen LogP) is 4.05. The van der Waals surface area contributed by atoms with Crippen LogP contribution in [0, 0.1) is 0 Å². The number of amides is 1. The number of aromatic nitrogens is 1. The van der Waals surface area contributed by atoms with Gasteiger partial charge in [0.2, 0.25) is 0 Å². The second-order valence-electron chi connectivity index (χ2n) is 7.59. The Kier molecular flexibility index (Phi) is 7.72. The average molecular weight is 485 g/mol. The molecule has 2 N–H and O–H groups in total. The van der Waals surface area contributed by atoms with Gasteiger partial charge in [-0.05, 0) is 42.0 Å². The molecule has 0 atom stereocenters. The molecule has 3 aromatic carbocycles. The number of carbonyl (C=O) groups is 2. The van der Waals surface area contributed by atoms with Gasteiger partial charge in [0.15, 0.2) is 18.1 Å². The van der Waals surface area contributed by atoms with Crippen molar-refractivity contribution in [3.63, 3.8) is 0 Å². The lowest BCUT2D eigenvalue weighted by molar-refractivity contribution is -0.123. The number of hydrogen-bond acceptors (Lipinski definition) is 7. The molecule has 36 heavy (non-hydrogen) atoms. The second kappa shape index (κ2) is 11.5. The minimum Gasteiger partial charge on any atom is -0.493 e. The van der Waals surface area contributed by atoms with Crippen molar-refractivity contribution in [1.29, 1.82) is 0 Å². The topological polar surface area (TPSA) is 119 Å². The van der Waals surface area contributed by atoms with E-state index in [1.807, 2.05) is 24.3 Å². The second-order valence-corrected chi connectivity index (χ2v) is 7.59. The van der Waals surface area contributed by atoms with Crippen LogP contribution in [-0.2, 0) is 11.4 Å². The van der Waals surface area contributed by atoms with Crippen molar-refractivity contribution >= 4 is 29.0 Å². The monoisotopic (exact) mass is 485 g/mol. The number of methoxy groups -OCH3 is 1. The number of aromatic carboxylic acids is 1. The highest BCUT2D eigenvalue weighted by Gasteiger charge is 2.11. The molecule has 0 aliphatic heterocycles. The number of para-hydroxylation sites is 2. The van der Waals surface area contributed by atoms with E-state index in [2.05, 4.69) is 15.5 Å². The van der Waals surface area contributed by atoms with Crippen molar-refractivity contribution in [3.05, 3.63) is 95.7 Å². The van der Waals surface area contributed by atoms with Crippen LogP contribution in [0.1, 0.15) is 21.5 Å². The summed E-state index contributed by atoms with van der Waals surface area (Å²) in [6.07, 6.45) is 3.10. The molecule has 182 valence electrons. The Bertz CT molecular complexity index is 1410. The van der Waals surface area contributed by atoms with Crippen molar-refractivity contribution in [2.45, 2.75) is 6.61 Å². The maximum absolute atomic E-state index is 12.3. The van der Waals surface area contributed by atoms with E-state index in [0.29, 0.717) is 33.9 Å². The maximum Gasteiger partial charge on any atom is 0.335 e. The van der Waals surface area contributed by atoms with Gasteiger partial charge < -0.3 is 19.3 Å². The molecule has 0 spiro atoms. The molecule has 0 aliphatic rings. The first kappa shape index (κ1) is 24.2. The van der Waals surface area contributed by atoms with Crippen LogP contribution in [0.15, 0.2) is 84.1 Å². The molecule has 9 heteroatoms. The summed E-state index contributed by atoms with van der Waals surface area (Å²) in [5, 5.41) is 14.1. The summed E-state index contributed by atoms with van der Waals surface area (Å²) in [7, 11) is 1.51. The first-order valence-electron chi connectivity index (χ1n) is 11.0. The van der Waals surface area contributed by atoms with Crippen molar-refractivity contribution in [2.75, 3.05) is 13.7 Å². The summed E-state index contributed by atoms with van der Waals surface area (Å²) in [4.78, 5) is 27.8. The summed E-state index contributed by atoms with van der Waals surface area (Å²) in [6.45, 7) is -0.129. The molecule has 0 aliphatic carbocycles. The molecule has 0 unspecified atom stereocenters. The zero-order valence-electron chi connectivity index (χ0n) is 19.4. The highest BCUT2D eigenvalue weighted by atomic mass is 16.5. The Balaban J connectivity index is 1.40. The van der Waals surface area contributed by atoms with Gasteiger partial charge in [-0.1, -0.05) is 36.4 Å². The normalized spacial score (nSPS) is 10.8. The molecule has 4 rings (SSSR count). The van der Waals surface area contributed by atoms with E-state index in [9.17, 15) is 14.7 Å². The molecule has 0 saturated carbocycles. The van der Waals surface area contributed by atoms with Crippen molar-refractivity contribution < 1.29 is 28.9 Å². The number of benzene rings is 3. The van der Waals surface area contributed by atoms with Crippen LogP contribution in [0.3, 0.4) is 0 Å². The van der Waals surface area contributed by atoms with Gasteiger partial charge >= 0.3 is 5.97 Å². The third kappa shape index (κ3) is 5.95. The molecule has 9 nitrogen and oxygen atoms in total. The quantitative estimate of drug-likeness (QED) is 0.257. The maximum atomic E-state index is 12.3. The molecular formula is C27H23N3O6. The highest BCUT2D eigenvalue weighted by Crippen LogP contribution is 2.31. The number of carboxylic acid groups (broad SMARTS) is 1. The number of nitrogens with one attached hydrogen (secondary N) is 1. The number of pyridine rings is 1. The van der Waals surface area contributed by atoms with Crippen LogP contribution in [0.4, 0.5) is 0 Å². The molecule has 0 bridgehead atoms. The number of fused-ring (bicyclic) bond motifs is 1. The molecule has 0 radical (unpaired) electrons. The van der Waals surface area contributed by atoms with Crippen LogP contribution in [-0.4, -0.2) is 41.9 Å². The van der Waals surface area contributed by atoms with Gasteiger partial charge in [0.05, 0.1) is 18.9 Å². The Morgan fingerprint density at radius 3 is 2.61 bits per heavy atom. The Labute approximate surface area is 207 Å². The standard InChI is InChI=1S/C27H23N3O6/c1-34-23-12-4-9-21(26(23)36-16-18-6-2-8-20(14-18)27(32)33)15-29-30-24(31)17-35-22-11-3-7-19-10-5-13-28-25(19)22/h2-15H,16-17H2,1H3,(H,30,31)(H,32,33)/b29-15+. The molecule has 1 heterocycles. The highest BCUT2D eigenvalue weighted by molar-refractivity contribution is 5.88.